The Labute approximate surface area is 123 Å². The number of fused-ring (bicyclic) bond motifs is 1. The number of nitrogens with two attached hydrogens (primary N) is 1. The monoisotopic (exact) mass is 282 g/mol. The molecule has 21 heavy (non-hydrogen) atoms. The van der Waals surface area contributed by atoms with Crippen LogP contribution < -0.4 is 10.6 Å². The van der Waals surface area contributed by atoms with Gasteiger partial charge >= 0.3 is 0 Å². The molecule has 0 aliphatic carbocycles. The lowest BCUT2D eigenvalue weighted by molar-refractivity contribution is 0.713. The Morgan fingerprint density at radius 1 is 1.24 bits per heavy atom. The van der Waals surface area contributed by atoms with E-state index in [9.17, 15) is 0 Å². The van der Waals surface area contributed by atoms with Crippen molar-refractivity contribution < 1.29 is 0 Å². The van der Waals surface area contributed by atoms with Gasteiger partial charge in [-0.25, -0.2) is 14.6 Å². The average Bonchev–Trinajstić information content (AvgIpc) is 2.91. The van der Waals surface area contributed by atoms with Crippen LogP contribution in [-0.2, 0) is 0 Å². The Balaban J connectivity index is 2.08. The fourth-order valence-corrected chi connectivity index (χ4v) is 2.41. The van der Waals surface area contributed by atoms with Gasteiger partial charge in [0.25, 0.3) is 0 Å². The van der Waals surface area contributed by atoms with Crippen molar-refractivity contribution in [3.8, 4) is 5.69 Å². The fourth-order valence-electron chi connectivity index (χ4n) is 2.41. The fraction of sp³-hybridized carbons (Fsp3) is 0.267. The minimum absolute atomic E-state index is 0.0733. The van der Waals surface area contributed by atoms with Crippen molar-refractivity contribution >= 4 is 16.9 Å². The van der Waals surface area contributed by atoms with Gasteiger partial charge in [-0.2, -0.15) is 5.10 Å². The first-order valence-corrected chi connectivity index (χ1v) is 6.87. The summed E-state index contributed by atoms with van der Waals surface area (Å²) in [7, 11) is 1.98. The minimum Gasteiger partial charge on any atom is -0.357 e. The smallest absolute Gasteiger partial charge is 0.168 e. The average molecular weight is 282 g/mol. The molecule has 0 saturated heterocycles. The van der Waals surface area contributed by atoms with Gasteiger partial charge in [-0.3, -0.25) is 0 Å². The highest BCUT2D eigenvalue weighted by molar-refractivity contribution is 5.87. The van der Waals surface area contributed by atoms with E-state index in [0.717, 1.165) is 29.1 Å². The molecule has 0 radical (unpaired) electrons. The summed E-state index contributed by atoms with van der Waals surface area (Å²) in [6.07, 6.45) is 3.37. The molecular formula is C15H18N6. The van der Waals surface area contributed by atoms with Crippen molar-refractivity contribution in [3.63, 3.8) is 0 Å². The number of hydrogen-bond donors (Lipinski definition) is 1. The van der Waals surface area contributed by atoms with Crippen molar-refractivity contribution in [2.75, 3.05) is 18.5 Å². The Hall–Kier alpha value is -2.47. The van der Waals surface area contributed by atoms with E-state index in [4.69, 9.17) is 5.73 Å². The standard InChI is InChI=1S/C15H18N6/c1-11(16)9-20(2)14-13-8-19-21(15(13)18-10-17-14)12-6-4-3-5-7-12/h3-8,10-11H,9,16H2,1-2H3. The lowest BCUT2D eigenvalue weighted by Crippen LogP contribution is -2.33. The van der Waals surface area contributed by atoms with Gasteiger partial charge in [-0.1, -0.05) is 18.2 Å². The van der Waals surface area contributed by atoms with Gasteiger partial charge in [0.1, 0.15) is 12.1 Å². The highest BCUT2D eigenvalue weighted by Gasteiger charge is 2.14. The third kappa shape index (κ3) is 2.57. The summed E-state index contributed by atoms with van der Waals surface area (Å²) in [5.74, 6) is 0.847. The molecule has 1 unspecified atom stereocenters. The van der Waals surface area contributed by atoms with E-state index in [0.29, 0.717) is 0 Å². The second-order valence-electron chi connectivity index (χ2n) is 5.18. The second kappa shape index (κ2) is 5.49. The molecule has 0 saturated carbocycles. The van der Waals surface area contributed by atoms with Crippen LogP contribution in [0.25, 0.3) is 16.7 Å². The number of likely N-dealkylation sites (N-methyl/N-ethyl adjacent to an activating group) is 1. The maximum Gasteiger partial charge on any atom is 0.168 e. The molecule has 0 aliphatic rings. The molecule has 0 amide bonds. The van der Waals surface area contributed by atoms with Crippen LogP contribution in [0.2, 0.25) is 0 Å². The van der Waals surface area contributed by atoms with Crippen LogP contribution in [0.4, 0.5) is 5.82 Å². The Kier molecular flexibility index (Phi) is 3.53. The van der Waals surface area contributed by atoms with Crippen LogP contribution in [0.1, 0.15) is 6.92 Å². The van der Waals surface area contributed by atoms with Crippen LogP contribution in [-0.4, -0.2) is 39.4 Å². The normalized spacial score (nSPS) is 12.5. The van der Waals surface area contributed by atoms with Crippen LogP contribution in [0, 0.1) is 0 Å². The number of aromatic nitrogens is 4. The number of para-hydroxylation sites is 1. The van der Waals surface area contributed by atoms with E-state index in [-0.39, 0.29) is 6.04 Å². The van der Waals surface area contributed by atoms with Gasteiger partial charge in [0.2, 0.25) is 0 Å². The Bertz CT molecular complexity index is 734. The van der Waals surface area contributed by atoms with E-state index in [1.54, 1.807) is 12.5 Å². The number of anilines is 1. The maximum atomic E-state index is 5.87. The van der Waals surface area contributed by atoms with Gasteiger partial charge in [0.05, 0.1) is 17.3 Å². The summed E-state index contributed by atoms with van der Waals surface area (Å²) < 4.78 is 1.82. The van der Waals surface area contributed by atoms with E-state index < -0.39 is 0 Å². The zero-order valence-corrected chi connectivity index (χ0v) is 12.1. The zero-order valence-electron chi connectivity index (χ0n) is 12.1. The van der Waals surface area contributed by atoms with Crippen molar-refractivity contribution in [3.05, 3.63) is 42.9 Å². The highest BCUT2D eigenvalue weighted by atomic mass is 15.3. The number of benzene rings is 1. The van der Waals surface area contributed by atoms with E-state index in [1.165, 1.54) is 0 Å². The molecule has 1 atom stereocenters. The van der Waals surface area contributed by atoms with Gasteiger partial charge in [0, 0.05) is 19.6 Å². The third-order valence-corrected chi connectivity index (χ3v) is 3.27. The molecule has 2 N–H and O–H groups in total. The first-order chi connectivity index (χ1) is 10.2. The minimum atomic E-state index is 0.0733. The first-order valence-electron chi connectivity index (χ1n) is 6.87. The third-order valence-electron chi connectivity index (χ3n) is 3.27. The molecule has 2 heterocycles. The molecule has 0 spiro atoms. The molecule has 108 valence electrons. The molecular weight excluding hydrogens is 264 g/mol. The van der Waals surface area contributed by atoms with Gasteiger partial charge < -0.3 is 10.6 Å². The van der Waals surface area contributed by atoms with Gasteiger partial charge in [-0.15, -0.1) is 0 Å². The molecule has 0 aliphatic heterocycles. The molecule has 6 heteroatoms. The van der Waals surface area contributed by atoms with Gasteiger partial charge in [-0.05, 0) is 19.1 Å². The molecule has 0 bridgehead atoms. The highest BCUT2D eigenvalue weighted by Crippen LogP contribution is 2.23. The Morgan fingerprint density at radius 3 is 2.71 bits per heavy atom. The molecule has 0 fully saturated rings. The van der Waals surface area contributed by atoms with Gasteiger partial charge in [0.15, 0.2) is 5.65 Å². The number of rotatable bonds is 4. The lowest BCUT2D eigenvalue weighted by Gasteiger charge is -2.20. The summed E-state index contributed by atoms with van der Waals surface area (Å²) in [6.45, 7) is 2.70. The molecule has 3 aromatic rings. The van der Waals surface area contributed by atoms with E-state index in [2.05, 4.69) is 15.1 Å². The van der Waals surface area contributed by atoms with Crippen LogP contribution in [0.3, 0.4) is 0 Å². The largest absolute Gasteiger partial charge is 0.357 e. The van der Waals surface area contributed by atoms with Crippen LogP contribution >= 0.6 is 0 Å². The molecule has 1 aromatic carbocycles. The van der Waals surface area contributed by atoms with Crippen molar-refractivity contribution in [2.45, 2.75) is 13.0 Å². The van der Waals surface area contributed by atoms with Crippen LogP contribution in [0.15, 0.2) is 42.9 Å². The summed E-state index contributed by atoms with van der Waals surface area (Å²) in [5.41, 5.74) is 7.64. The zero-order chi connectivity index (χ0) is 14.8. The molecule has 3 rings (SSSR count). The van der Waals surface area contributed by atoms with Crippen molar-refractivity contribution in [1.82, 2.24) is 19.7 Å². The quantitative estimate of drug-likeness (QED) is 0.787. The maximum absolute atomic E-state index is 5.87. The summed E-state index contributed by atoms with van der Waals surface area (Å²) in [4.78, 5) is 10.8. The number of hydrogen-bond acceptors (Lipinski definition) is 5. The summed E-state index contributed by atoms with van der Waals surface area (Å²) in [5, 5.41) is 5.36. The summed E-state index contributed by atoms with van der Waals surface area (Å²) >= 11 is 0. The summed E-state index contributed by atoms with van der Waals surface area (Å²) in [6, 6.07) is 10.0. The van der Waals surface area contributed by atoms with Crippen molar-refractivity contribution in [1.29, 1.82) is 0 Å². The number of nitrogens with zero attached hydrogens (tertiary/aromatic N) is 5. The first kappa shape index (κ1) is 13.5. The lowest BCUT2D eigenvalue weighted by atomic mass is 10.3. The predicted molar refractivity (Wildman–Crippen MR) is 83.6 cm³/mol. The predicted octanol–water partition coefficient (Wildman–Crippen LogP) is 1.60. The van der Waals surface area contributed by atoms with E-state index >= 15 is 0 Å². The van der Waals surface area contributed by atoms with Crippen molar-refractivity contribution in [2.24, 2.45) is 5.73 Å². The van der Waals surface area contributed by atoms with Crippen LogP contribution in [0.5, 0.6) is 0 Å². The molecule has 6 nitrogen and oxygen atoms in total. The SMILES string of the molecule is CC(N)CN(C)c1ncnc2c1cnn2-c1ccccc1. The Morgan fingerprint density at radius 2 is 2.00 bits per heavy atom. The van der Waals surface area contributed by atoms with E-state index in [1.807, 2.05) is 53.9 Å². The second-order valence-corrected chi connectivity index (χ2v) is 5.18. The topological polar surface area (TPSA) is 72.9 Å². The molecule has 2 aromatic heterocycles.